The first-order valence-electron chi connectivity index (χ1n) is 6.73. The molecule has 2 heterocycles. The highest BCUT2D eigenvalue weighted by Crippen LogP contribution is 2.22. The minimum atomic E-state index is 0.834. The van der Waals surface area contributed by atoms with Gasteiger partial charge in [-0.1, -0.05) is 36.4 Å². The fourth-order valence-electron chi connectivity index (χ4n) is 2.42. The SMILES string of the molecule is c1ccc(-c2ncccc2CN2CCOCC2)cc1. The molecule has 1 aromatic carbocycles. The van der Waals surface area contributed by atoms with E-state index < -0.39 is 0 Å². The minimum absolute atomic E-state index is 0.834. The number of nitrogens with zero attached hydrogens (tertiary/aromatic N) is 2. The molecule has 0 atom stereocenters. The summed E-state index contributed by atoms with van der Waals surface area (Å²) in [5.41, 5.74) is 3.57. The molecule has 3 nitrogen and oxygen atoms in total. The number of hydrogen-bond acceptors (Lipinski definition) is 3. The van der Waals surface area contributed by atoms with E-state index in [1.807, 2.05) is 18.3 Å². The van der Waals surface area contributed by atoms with Crippen LogP contribution in [0, 0.1) is 0 Å². The van der Waals surface area contributed by atoms with Crippen LogP contribution in [0.25, 0.3) is 11.3 Å². The van der Waals surface area contributed by atoms with Gasteiger partial charge in [0.1, 0.15) is 0 Å². The Morgan fingerprint density at radius 1 is 1.00 bits per heavy atom. The summed E-state index contributed by atoms with van der Waals surface area (Å²) < 4.78 is 5.39. The summed E-state index contributed by atoms with van der Waals surface area (Å²) in [6.45, 7) is 4.62. The predicted octanol–water partition coefficient (Wildman–Crippen LogP) is 2.58. The zero-order valence-electron chi connectivity index (χ0n) is 11.0. The molecule has 0 unspecified atom stereocenters. The normalized spacial score (nSPS) is 16.4. The van der Waals surface area contributed by atoms with Crippen molar-refractivity contribution in [1.82, 2.24) is 9.88 Å². The summed E-state index contributed by atoms with van der Waals surface area (Å²) in [7, 11) is 0. The van der Waals surface area contributed by atoms with Crippen molar-refractivity contribution in [3.05, 3.63) is 54.2 Å². The van der Waals surface area contributed by atoms with Crippen molar-refractivity contribution < 1.29 is 4.74 Å². The Morgan fingerprint density at radius 2 is 1.79 bits per heavy atom. The van der Waals surface area contributed by atoms with E-state index in [1.54, 1.807) is 0 Å². The Kier molecular flexibility index (Phi) is 3.86. The summed E-state index contributed by atoms with van der Waals surface area (Å²) in [6, 6.07) is 14.6. The van der Waals surface area contributed by atoms with Crippen molar-refractivity contribution in [2.24, 2.45) is 0 Å². The molecule has 1 aromatic heterocycles. The van der Waals surface area contributed by atoms with E-state index in [2.05, 4.69) is 40.2 Å². The zero-order chi connectivity index (χ0) is 12.9. The molecule has 1 aliphatic heterocycles. The minimum Gasteiger partial charge on any atom is -0.379 e. The lowest BCUT2D eigenvalue weighted by molar-refractivity contribution is 0.0342. The maximum Gasteiger partial charge on any atom is 0.0746 e. The highest BCUT2D eigenvalue weighted by Gasteiger charge is 2.13. The molecule has 0 radical (unpaired) electrons. The first-order valence-corrected chi connectivity index (χ1v) is 6.73. The van der Waals surface area contributed by atoms with Gasteiger partial charge in [0.15, 0.2) is 0 Å². The fraction of sp³-hybridized carbons (Fsp3) is 0.312. The molecule has 0 amide bonds. The summed E-state index contributed by atoms with van der Waals surface area (Å²) in [5.74, 6) is 0. The molecule has 1 aliphatic rings. The maximum atomic E-state index is 5.39. The summed E-state index contributed by atoms with van der Waals surface area (Å²) in [5, 5.41) is 0. The van der Waals surface area contributed by atoms with Gasteiger partial charge in [-0.2, -0.15) is 0 Å². The van der Waals surface area contributed by atoms with E-state index in [4.69, 9.17) is 4.74 Å². The highest BCUT2D eigenvalue weighted by atomic mass is 16.5. The van der Waals surface area contributed by atoms with Gasteiger partial charge in [-0.05, 0) is 11.6 Å². The Labute approximate surface area is 113 Å². The molecule has 19 heavy (non-hydrogen) atoms. The third-order valence-corrected chi connectivity index (χ3v) is 3.44. The van der Waals surface area contributed by atoms with Crippen LogP contribution in [0.4, 0.5) is 0 Å². The van der Waals surface area contributed by atoms with Gasteiger partial charge >= 0.3 is 0 Å². The van der Waals surface area contributed by atoms with Crippen LogP contribution in [0.5, 0.6) is 0 Å². The Bertz CT molecular complexity index is 521. The average molecular weight is 254 g/mol. The third kappa shape index (κ3) is 3.00. The number of ether oxygens (including phenoxy) is 1. The molecule has 1 saturated heterocycles. The van der Waals surface area contributed by atoms with Crippen LogP contribution in [-0.2, 0) is 11.3 Å². The molecule has 0 spiro atoms. The van der Waals surface area contributed by atoms with E-state index in [-0.39, 0.29) is 0 Å². The Balaban J connectivity index is 1.85. The first kappa shape index (κ1) is 12.3. The molecule has 0 saturated carbocycles. The molecule has 0 N–H and O–H groups in total. The van der Waals surface area contributed by atoms with Crippen LogP contribution >= 0.6 is 0 Å². The number of pyridine rings is 1. The number of rotatable bonds is 3. The molecule has 98 valence electrons. The van der Waals surface area contributed by atoms with Crippen molar-refractivity contribution in [3.8, 4) is 11.3 Å². The number of aromatic nitrogens is 1. The number of benzene rings is 1. The third-order valence-electron chi connectivity index (χ3n) is 3.44. The molecule has 0 bridgehead atoms. The Hall–Kier alpha value is -1.71. The van der Waals surface area contributed by atoms with Crippen molar-refractivity contribution >= 4 is 0 Å². The summed E-state index contributed by atoms with van der Waals surface area (Å²) >= 11 is 0. The zero-order valence-corrected chi connectivity index (χ0v) is 11.0. The lowest BCUT2D eigenvalue weighted by Gasteiger charge is -2.27. The van der Waals surface area contributed by atoms with Crippen LogP contribution in [0.1, 0.15) is 5.56 Å². The second kappa shape index (κ2) is 5.95. The fourth-order valence-corrected chi connectivity index (χ4v) is 2.42. The predicted molar refractivity (Wildman–Crippen MR) is 75.8 cm³/mol. The van der Waals surface area contributed by atoms with Crippen LogP contribution < -0.4 is 0 Å². The Morgan fingerprint density at radius 3 is 2.58 bits per heavy atom. The van der Waals surface area contributed by atoms with Gasteiger partial charge in [-0.25, -0.2) is 0 Å². The van der Waals surface area contributed by atoms with E-state index in [1.165, 1.54) is 11.1 Å². The molecule has 3 rings (SSSR count). The first-order chi connectivity index (χ1) is 9.43. The molecule has 0 aliphatic carbocycles. The van der Waals surface area contributed by atoms with Gasteiger partial charge in [0.05, 0.1) is 18.9 Å². The largest absolute Gasteiger partial charge is 0.379 e. The van der Waals surface area contributed by atoms with Crippen LogP contribution in [0.15, 0.2) is 48.7 Å². The molecule has 3 heteroatoms. The van der Waals surface area contributed by atoms with E-state index in [0.29, 0.717) is 0 Å². The monoisotopic (exact) mass is 254 g/mol. The van der Waals surface area contributed by atoms with E-state index >= 15 is 0 Å². The van der Waals surface area contributed by atoms with Gasteiger partial charge in [0.25, 0.3) is 0 Å². The van der Waals surface area contributed by atoms with Crippen LogP contribution in [-0.4, -0.2) is 36.2 Å². The maximum absolute atomic E-state index is 5.39. The highest BCUT2D eigenvalue weighted by molar-refractivity contribution is 5.62. The van der Waals surface area contributed by atoms with Crippen molar-refractivity contribution in [2.45, 2.75) is 6.54 Å². The molecule has 1 fully saturated rings. The van der Waals surface area contributed by atoms with Crippen LogP contribution in [0.3, 0.4) is 0 Å². The number of hydrogen-bond donors (Lipinski definition) is 0. The summed E-state index contributed by atoms with van der Waals surface area (Å²) in [4.78, 5) is 6.98. The van der Waals surface area contributed by atoms with Gasteiger partial charge < -0.3 is 4.74 Å². The van der Waals surface area contributed by atoms with Crippen molar-refractivity contribution in [3.63, 3.8) is 0 Å². The van der Waals surface area contributed by atoms with E-state index in [0.717, 1.165) is 38.5 Å². The van der Waals surface area contributed by atoms with Crippen LogP contribution in [0.2, 0.25) is 0 Å². The average Bonchev–Trinajstić information content (AvgIpc) is 2.50. The van der Waals surface area contributed by atoms with E-state index in [9.17, 15) is 0 Å². The van der Waals surface area contributed by atoms with Gasteiger partial charge in [0, 0.05) is 31.4 Å². The lowest BCUT2D eigenvalue weighted by Crippen LogP contribution is -2.35. The lowest BCUT2D eigenvalue weighted by atomic mass is 10.1. The quantitative estimate of drug-likeness (QED) is 0.842. The topological polar surface area (TPSA) is 25.4 Å². The smallest absolute Gasteiger partial charge is 0.0746 e. The van der Waals surface area contributed by atoms with Crippen molar-refractivity contribution in [2.75, 3.05) is 26.3 Å². The number of morpholine rings is 1. The van der Waals surface area contributed by atoms with Gasteiger partial charge in [-0.3, -0.25) is 9.88 Å². The molecular weight excluding hydrogens is 236 g/mol. The summed E-state index contributed by atoms with van der Waals surface area (Å²) in [6.07, 6.45) is 1.87. The molecule has 2 aromatic rings. The van der Waals surface area contributed by atoms with Gasteiger partial charge in [-0.15, -0.1) is 0 Å². The standard InChI is InChI=1S/C16H18N2O/c1-2-5-14(6-3-1)16-15(7-4-8-17-16)13-18-9-11-19-12-10-18/h1-8H,9-13H2. The second-order valence-electron chi connectivity index (χ2n) is 4.77. The molecular formula is C16H18N2O. The van der Waals surface area contributed by atoms with Gasteiger partial charge in [0.2, 0.25) is 0 Å². The van der Waals surface area contributed by atoms with Crippen molar-refractivity contribution in [1.29, 1.82) is 0 Å². The second-order valence-corrected chi connectivity index (χ2v) is 4.77.